The van der Waals surface area contributed by atoms with E-state index in [0.717, 1.165) is 14.9 Å². The first-order chi connectivity index (χ1) is 8.56. The van der Waals surface area contributed by atoms with Gasteiger partial charge in [0.25, 0.3) is 5.56 Å². The molecule has 2 rings (SSSR count). The van der Waals surface area contributed by atoms with E-state index in [1.807, 2.05) is 18.2 Å². The van der Waals surface area contributed by atoms with Gasteiger partial charge in [-0.05, 0) is 40.5 Å². The maximum Gasteiger partial charge on any atom is 0.251 e. The summed E-state index contributed by atoms with van der Waals surface area (Å²) in [4.78, 5) is 18.8. The van der Waals surface area contributed by atoms with Gasteiger partial charge in [-0.2, -0.15) is 0 Å². The van der Waals surface area contributed by atoms with Gasteiger partial charge in [0, 0.05) is 21.6 Å². The zero-order valence-electron chi connectivity index (χ0n) is 9.55. The lowest BCUT2D eigenvalue weighted by Crippen LogP contribution is -2.05. The van der Waals surface area contributed by atoms with E-state index in [0.29, 0.717) is 5.16 Å². The first-order valence-corrected chi connectivity index (χ1v) is 6.88. The highest BCUT2D eigenvalue weighted by Gasteiger charge is 2.07. The monoisotopic (exact) mass is 326 g/mol. The van der Waals surface area contributed by atoms with Crippen molar-refractivity contribution in [3.05, 3.63) is 50.9 Å². The molecule has 18 heavy (non-hydrogen) atoms. The van der Waals surface area contributed by atoms with E-state index in [2.05, 4.69) is 25.9 Å². The maximum atomic E-state index is 11.2. The zero-order valence-corrected chi connectivity index (χ0v) is 12.0. The van der Waals surface area contributed by atoms with Crippen molar-refractivity contribution in [3.63, 3.8) is 0 Å². The summed E-state index contributed by atoms with van der Waals surface area (Å²) in [5.41, 5.74) is 0.657. The largest absolute Gasteiger partial charge is 0.389 e. The molecule has 6 heteroatoms. The normalized spacial score (nSPS) is 12.4. The average molecular weight is 327 g/mol. The number of aliphatic hydroxyl groups is 1. The van der Waals surface area contributed by atoms with E-state index in [-0.39, 0.29) is 5.56 Å². The second kappa shape index (κ2) is 5.69. The van der Waals surface area contributed by atoms with Gasteiger partial charge < -0.3 is 10.1 Å². The van der Waals surface area contributed by atoms with E-state index in [9.17, 15) is 9.90 Å². The third-order valence-corrected chi connectivity index (χ3v) is 4.19. The van der Waals surface area contributed by atoms with Crippen molar-refractivity contribution in [1.82, 2.24) is 9.97 Å². The van der Waals surface area contributed by atoms with Gasteiger partial charge in [-0.15, -0.1) is 0 Å². The van der Waals surface area contributed by atoms with Crippen LogP contribution in [-0.2, 0) is 0 Å². The molecule has 1 atom stereocenters. The number of H-pyrrole nitrogens is 1. The van der Waals surface area contributed by atoms with Crippen LogP contribution in [0.4, 0.5) is 0 Å². The molecule has 0 aliphatic rings. The van der Waals surface area contributed by atoms with Crippen LogP contribution in [0.3, 0.4) is 0 Å². The van der Waals surface area contributed by atoms with Crippen LogP contribution in [0.1, 0.15) is 18.6 Å². The van der Waals surface area contributed by atoms with Crippen LogP contribution in [0, 0.1) is 0 Å². The Bertz CT molecular complexity index is 613. The lowest BCUT2D eigenvalue weighted by atomic mass is 10.1. The number of aliphatic hydroxyl groups excluding tert-OH is 1. The van der Waals surface area contributed by atoms with Gasteiger partial charge >= 0.3 is 0 Å². The Morgan fingerprint density at radius 3 is 2.83 bits per heavy atom. The van der Waals surface area contributed by atoms with Crippen molar-refractivity contribution >= 4 is 27.7 Å². The van der Waals surface area contributed by atoms with Crippen LogP contribution < -0.4 is 5.56 Å². The Morgan fingerprint density at radius 2 is 2.22 bits per heavy atom. The van der Waals surface area contributed by atoms with Gasteiger partial charge in [0.05, 0.1) is 6.10 Å². The minimum Gasteiger partial charge on any atom is -0.389 e. The fourth-order valence-electron chi connectivity index (χ4n) is 1.37. The van der Waals surface area contributed by atoms with Crippen LogP contribution in [-0.4, -0.2) is 15.1 Å². The van der Waals surface area contributed by atoms with Gasteiger partial charge in [-0.25, -0.2) is 4.98 Å². The number of rotatable bonds is 3. The van der Waals surface area contributed by atoms with Gasteiger partial charge in [0.15, 0.2) is 5.16 Å². The smallest absolute Gasteiger partial charge is 0.251 e. The summed E-state index contributed by atoms with van der Waals surface area (Å²) >= 11 is 4.79. The predicted octanol–water partition coefficient (Wildman–Crippen LogP) is 2.74. The van der Waals surface area contributed by atoms with Crippen molar-refractivity contribution in [2.24, 2.45) is 0 Å². The molecule has 94 valence electrons. The minimum atomic E-state index is -0.505. The lowest BCUT2D eigenvalue weighted by molar-refractivity contribution is 0.199. The molecule has 2 N–H and O–H groups in total. The number of benzene rings is 1. The number of hydrogen-bond donors (Lipinski definition) is 2. The lowest BCUT2D eigenvalue weighted by Gasteiger charge is -2.08. The summed E-state index contributed by atoms with van der Waals surface area (Å²) in [7, 11) is 0. The van der Waals surface area contributed by atoms with Crippen LogP contribution in [0.2, 0.25) is 0 Å². The Balaban J connectivity index is 2.27. The van der Waals surface area contributed by atoms with Crippen molar-refractivity contribution in [2.75, 3.05) is 0 Å². The van der Waals surface area contributed by atoms with Crippen LogP contribution in [0.25, 0.3) is 0 Å². The number of nitrogens with one attached hydrogen (secondary N) is 1. The third-order valence-electron chi connectivity index (χ3n) is 2.29. The Kier molecular flexibility index (Phi) is 4.21. The van der Waals surface area contributed by atoms with E-state index >= 15 is 0 Å². The summed E-state index contributed by atoms with van der Waals surface area (Å²) in [5, 5.41) is 10.0. The van der Waals surface area contributed by atoms with Crippen molar-refractivity contribution in [3.8, 4) is 0 Å². The topological polar surface area (TPSA) is 66.0 Å². The molecule has 1 aromatic heterocycles. The Morgan fingerprint density at radius 1 is 1.44 bits per heavy atom. The molecule has 0 bridgehead atoms. The second-order valence-corrected chi connectivity index (χ2v) is 5.59. The van der Waals surface area contributed by atoms with Gasteiger partial charge in [0.2, 0.25) is 0 Å². The molecule has 1 aromatic carbocycles. The van der Waals surface area contributed by atoms with Crippen LogP contribution >= 0.6 is 27.7 Å². The summed E-state index contributed by atoms with van der Waals surface area (Å²) in [6, 6.07) is 6.95. The van der Waals surface area contributed by atoms with Crippen molar-refractivity contribution < 1.29 is 5.11 Å². The van der Waals surface area contributed by atoms with E-state index < -0.39 is 6.10 Å². The summed E-state index contributed by atoms with van der Waals surface area (Å²) in [5.74, 6) is 0. The Labute approximate surface area is 117 Å². The Hall–Kier alpha value is -1.11. The van der Waals surface area contributed by atoms with Gasteiger partial charge in [-0.3, -0.25) is 4.79 Å². The minimum absolute atomic E-state index is 0.177. The van der Waals surface area contributed by atoms with E-state index in [1.54, 1.807) is 6.92 Å². The molecular formula is C12H11BrN2O2S. The van der Waals surface area contributed by atoms with Crippen molar-refractivity contribution in [2.45, 2.75) is 23.1 Å². The van der Waals surface area contributed by atoms with Crippen LogP contribution in [0.5, 0.6) is 0 Å². The second-order valence-electron chi connectivity index (χ2n) is 3.71. The van der Waals surface area contributed by atoms with Gasteiger partial charge in [-0.1, -0.05) is 17.8 Å². The molecule has 0 spiro atoms. The number of nitrogens with zero attached hydrogens (tertiary/aromatic N) is 1. The molecule has 0 radical (unpaired) electrons. The first-order valence-electron chi connectivity index (χ1n) is 5.27. The van der Waals surface area contributed by atoms with Gasteiger partial charge in [0.1, 0.15) is 0 Å². The molecule has 0 fully saturated rings. The standard InChI is InChI=1S/C12H11BrN2O2S/c1-7(16)8-2-3-10(9(13)6-8)18-12-14-5-4-11(17)15-12/h2-7,16H,1H3,(H,14,15,17)/t7-/m0/s1. The summed E-state index contributed by atoms with van der Waals surface area (Å²) in [6.45, 7) is 1.71. The highest BCUT2D eigenvalue weighted by molar-refractivity contribution is 9.10. The average Bonchev–Trinajstić information content (AvgIpc) is 2.31. The first kappa shape index (κ1) is 13.3. The number of halogens is 1. The highest BCUT2D eigenvalue weighted by Crippen LogP contribution is 2.32. The summed E-state index contributed by atoms with van der Waals surface area (Å²) < 4.78 is 0.859. The maximum absolute atomic E-state index is 11.2. The molecule has 0 saturated carbocycles. The number of aromatic nitrogens is 2. The third kappa shape index (κ3) is 3.22. The molecule has 0 unspecified atom stereocenters. The molecule has 4 nitrogen and oxygen atoms in total. The number of aromatic amines is 1. The number of hydrogen-bond acceptors (Lipinski definition) is 4. The summed E-state index contributed by atoms with van der Waals surface area (Å²) in [6.07, 6.45) is 0.967. The quantitative estimate of drug-likeness (QED) is 0.851. The molecule has 0 aliphatic carbocycles. The molecular weight excluding hydrogens is 316 g/mol. The molecule has 2 aromatic rings. The van der Waals surface area contributed by atoms with Crippen molar-refractivity contribution in [1.29, 1.82) is 0 Å². The highest BCUT2D eigenvalue weighted by atomic mass is 79.9. The molecule has 0 saturated heterocycles. The van der Waals surface area contributed by atoms with E-state index in [4.69, 9.17) is 0 Å². The fraction of sp³-hybridized carbons (Fsp3) is 0.167. The van der Waals surface area contributed by atoms with Crippen LogP contribution in [0.15, 0.2) is 49.8 Å². The fourth-order valence-corrected chi connectivity index (χ4v) is 2.77. The molecule has 1 heterocycles. The predicted molar refractivity (Wildman–Crippen MR) is 73.8 cm³/mol. The SMILES string of the molecule is C[C@H](O)c1ccc(Sc2nccc(=O)[nH]2)c(Br)c1. The molecule has 0 amide bonds. The van der Waals surface area contributed by atoms with E-state index in [1.165, 1.54) is 24.0 Å². The molecule has 0 aliphatic heterocycles. The zero-order chi connectivity index (χ0) is 13.1.